The summed E-state index contributed by atoms with van der Waals surface area (Å²) < 4.78 is 10.6. The molecule has 27 heavy (non-hydrogen) atoms. The van der Waals surface area contributed by atoms with Crippen molar-refractivity contribution in [3.8, 4) is 11.5 Å². The van der Waals surface area contributed by atoms with Gasteiger partial charge < -0.3 is 20.1 Å². The number of carbonyl (C=O) groups excluding carboxylic acids is 1. The summed E-state index contributed by atoms with van der Waals surface area (Å²) in [5, 5.41) is 6.11. The molecule has 2 aromatic rings. The SMILES string of the molecule is COc1ccc(C(NC(=O)NC(C)c2cc(C)ccc2OC)C(C)C)cc1. The first kappa shape index (κ1) is 20.6. The average Bonchev–Trinajstić information content (AvgIpc) is 2.66. The second-order valence-electron chi connectivity index (χ2n) is 7.08. The third-order valence-electron chi connectivity index (χ3n) is 4.63. The Labute approximate surface area is 162 Å². The van der Waals surface area contributed by atoms with Gasteiger partial charge in [0.1, 0.15) is 11.5 Å². The molecule has 0 radical (unpaired) electrons. The third-order valence-corrected chi connectivity index (χ3v) is 4.63. The van der Waals surface area contributed by atoms with Crippen LogP contribution < -0.4 is 20.1 Å². The summed E-state index contributed by atoms with van der Waals surface area (Å²) in [7, 11) is 3.28. The molecule has 2 rings (SSSR count). The zero-order valence-electron chi connectivity index (χ0n) is 17.0. The molecule has 0 saturated heterocycles. The van der Waals surface area contributed by atoms with Crippen LogP contribution >= 0.6 is 0 Å². The summed E-state index contributed by atoms with van der Waals surface area (Å²) in [5.74, 6) is 1.81. The maximum Gasteiger partial charge on any atom is 0.315 e. The molecule has 0 saturated carbocycles. The Hall–Kier alpha value is -2.69. The quantitative estimate of drug-likeness (QED) is 0.738. The number of urea groups is 1. The molecule has 0 spiro atoms. The summed E-state index contributed by atoms with van der Waals surface area (Å²) >= 11 is 0. The molecule has 2 aromatic carbocycles. The lowest BCUT2D eigenvalue weighted by Gasteiger charge is -2.25. The topological polar surface area (TPSA) is 59.6 Å². The first-order valence-corrected chi connectivity index (χ1v) is 9.21. The molecule has 0 aliphatic rings. The van der Waals surface area contributed by atoms with E-state index in [0.717, 1.165) is 28.2 Å². The van der Waals surface area contributed by atoms with Crippen LogP contribution in [0.5, 0.6) is 11.5 Å². The zero-order valence-corrected chi connectivity index (χ0v) is 17.0. The van der Waals surface area contributed by atoms with Crippen molar-refractivity contribution in [3.05, 3.63) is 59.2 Å². The molecule has 0 heterocycles. The predicted molar refractivity (Wildman–Crippen MR) is 108 cm³/mol. The van der Waals surface area contributed by atoms with Crippen molar-refractivity contribution in [2.45, 2.75) is 39.8 Å². The Morgan fingerprint density at radius 1 is 0.926 bits per heavy atom. The number of rotatable bonds is 7. The molecular weight excluding hydrogens is 340 g/mol. The van der Waals surface area contributed by atoms with Crippen molar-refractivity contribution >= 4 is 6.03 Å². The van der Waals surface area contributed by atoms with Crippen LogP contribution in [0.3, 0.4) is 0 Å². The fraction of sp³-hybridized carbons (Fsp3) is 0.409. The van der Waals surface area contributed by atoms with E-state index in [0.29, 0.717) is 0 Å². The van der Waals surface area contributed by atoms with Crippen LogP contribution in [-0.4, -0.2) is 20.3 Å². The number of ether oxygens (including phenoxy) is 2. The van der Waals surface area contributed by atoms with Crippen LogP contribution in [0.1, 0.15) is 49.5 Å². The number of nitrogens with one attached hydrogen (secondary N) is 2. The third kappa shape index (κ3) is 5.39. The standard InChI is InChI=1S/C22H30N2O3/c1-14(2)21(17-8-10-18(26-5)11-9-17)24-22(25)23-16(4)19-13-15(3)7-12-20(19)27-6/h7-14,16,21H,1-6H3,(H2,23,24,25). The molecule has 0 fully saturated rings. The Balaban J connectivity index is 2.10. The van der Waals surface area contributed by atoms with Gasteiger partial charge in [-0.25, -0.2) is 4.79 Å². The molecule has 0 bridgehead atoms. The molecule has 2 amide bonds. The van der Waals surface area contributed by atoms with Gasteiger partial charge in [0, 0.05) is 5.56 Å². The molecule has 5 heteroatoms. The second kappa shape index (κ2) is 9.31. The number of aryl methyl sites for hydroxylation is 1. The van der Waals surface area contributed by atoms with E-state index < -0.39 is 0 Å². The van der Waals surface area contributed by atoms with Crippen molar-refractivity contribution in [3.63, 3.8) is 0 Å². The Morgan fingerprint density at radius 3 is 2.15 bits per heavy atom. The Morgan fingerprint density at radius 2 is 1.59 bits per heavy atom. The number of amides is 2. The fourth-order valence-corrected chi connectivity index (χ4v) is 3.10. The van der Waals surface area contributed by atoms with Crippen LogP contribution in [0.25, 0.3) is 0 Å². The van der Waals surface area contributed by atoms with Gasteiger partial charge in [-0.1, -0.05) is 43.7 Å². The van der Waals surface area contributed by atoms with Gasteiger partial charge in [0.05, 0.1) is 26.3 Å². The molecule has 5 nitrogen and oxygen atoms in total. The smallest absolute Gasteiger partial charge is 0.315 e. The number of hydrogen-bond acceptors (Lipinski definition) is 3. The largest absolute Gasteiger partial charge is 0.497 e. The maximum atomic E-state index is 12.6. The summed E-state index contributed by atoms with van der Waals surface area (Å²) in [5.41, 5.74) is 3.12. The first-order chi connectivity index (χ1) is 12.8. The van der Waals surface area contributed by atoms with E-state index >= 15 is 0 Å². The van der Waals surface area contributed by atoms with Crippen LogP contribution in [0, 0.1) is 12.8 Å². The lowest BCUT2D eigenvalue weighted by Crippen LogP contribution is -2.40. The van der Waals surface area contributed by atoms with E-state index in [1.54, 1.807) is 14.2 Å². The van der Waals surface area contributed by atoms with E-state index in [9.17, 15) is 4.79 Å². The van der Waals surface area contributed by atoms with E-state index in [1.165, 1.54) is 0 Å². The minimum atomic E-state index is -0.208. The number of carbonyl (C=O) groups is 1. The van der Waals surface area contributed by atoms with Gasteiger partial charge in [-0.2, -0.15) is 0 Å². The normalized spacial score (nSPS) is 13.0. The minimum Gasteiger partial charge on any atom is -0.497 e. The fourth-order valence-electron chi connectivity index (χ4n) is 3.10. The Bertz CT molecular complexity index is 757. The van der Waals surface area contributed by atoms with Gasteiger partial charge in [0.25, 0.3) is 0 Å². The van der Waals surface area contributed by atoms with E-state index in [-0.39, 0.29) is 24.0 Å². The van der Waals surface area contributed by atoms with Crippen molar-refractivity contribution in [1.29, 1.82) is 0 Å². The second-order valence-corrected chi connectivity index (χ2v) is 7.08. The zero-order chi connectivity index (χ0) is 20.0. The molecule has 0 aliphatic heterocycles. The Kier molecular flexibility index (Phi) is 7.11. The summed E-state index contributed by atoms with van der Waals surface area (Å²) in [6, 6.07) is 13.3. The molecule has 2 atom stereocenters. The molecule has 0 aliphatic carbocycles. The summed E-state index contributed by atoms with van der Waals surface area (Å²) in [6.45, 7) is 8.15. The predicted octanol–water partition coefficient (Wildman–Crippen LogP) is 4.77. The highest BCUT2D eigenvalue weighted by atomic mass is 16.5. The van der Waals surface area contributed by atoms with Crippen molar-refractivity contribution < 1.29 is 14.3 Å². The average molecular weight is 370 g/mol. The highest BCUT2D eigenvalue weighted by molar-refractivity contribution is 5.75. The van der Waals surface area contributed by atoms with Gasteiger partial charge in [-0.3, -0.25) is 0 Å². The van der Waals surface area contributed by atoms with Crippen molar-refractivity contribution in [2.24, 2.45) is 5.92 Å². The van der Waals surface area contributed by atoms with Crippen molar-refractivity contribution in [1.82, 2.24) is 10.6 Å². The molecule has 0 aromatic heterocycles. The van der Waals surface area contributed by atoms with Gasteiger partial charge in [0.15, 0.2) is 0 Å². The first-order valence-electron chi connectivity index (χ1n) is 9.21. The highest BCUT2D eigenvalue weighted by Gasteiger charge is 2.20. The number of benzene rings is 2. The van der Waals surface area contributed by atoms with Crippen LogP contribution in [-0.2, 0) is 0 Å². The van der Waals surface area contributed by atoms with Gasteiger partial charge in [-0.15, -0.1) is 0 Å². The summed E-state index contributed by atoms with van der Waals surface area (Å²) in [6.07, 6.45) is 0. The summed E-state index contributed by atoms with van der Waals surface area (Å²) in [4.78, 5) is 12.6. The number of hydrogen-bond donors (Lipinski definition) is 2. The van der Waals surface area contributed by atoms with Crippen LogP contribution in [0.2, 0.25) is 0 Å². The molecule has 2 N–H and O–H groups in total. The van der Waals surface area contributed by atoms with Crippen molar-refractivity contribution in [2.75, 3.05) is 14.2 Å². The maximum absolute atomic E-state index is 12.6. The van der Waals surface area contributed by atoms with Crippen LogP contribution in [0.15, 0.2) is 42.5 Å². The molecule has 2 unspecified atom stereocenters. The lowest BCUT2D eigenvalue weighted by molar-refractivity contribution is 0.230. The molecule has 146 valence electrons. The lowest BCUT2D eigenvalue weighted by atomic mass is 9.96. The van der Waals surface area contributed by atoms with Gasteiger partial charge in [0.2, 0.25) is 0 Å². The van der Waals surface area contributed by atoms with E-state index in [2.05, 4.69) is 24.5 Å². The molecular formula is C22H30N2O3. The highest BCUT2D eigenvalue weighted by Crippen LogP contribution is 2.27. The van der Waals surface area contributed by atoms with E-state index in [4.69, 9.17) is 9.47 Å². The van der Waals surface area contributed by atoms with Gasteiger partial charge >= 0.3 is 6.03 Å². The monoisotopic (exact) mass is 370 g/mol. The minimum absolute atomic E-state index is 0.0949. The van der Waals surface area contributed by atoms with Crippen LogP contribution in [0.4, 0.5) is 4.79 Å². The van der Waals surface area contributed by atoms with Gasteiger partial charge in [-0.05, 0) is 43.5 Å². The number of methoxy groups -OCH3 is 2. The van der Waals surface area contributed by atoms with E-state index in [1.807, 2.05) is 56.3 Å².